The first-order valence-electron chi connectivity index (χ1n) is 10.4. The average Bonchev–Trinajstić information content (AvgIpc) is 3.05. The number of carbonyl (C=O) groups excluding carboxylic acids is 1. The summed E-state index contributed by atoms with van der Waals surface area (Å²) in [6.45, 7) is 0. The first-order valence-corrected chi connectivity index (χ1v) is 13.2. The molecule has 6 nitrogen and oxygen atoms in total. The van der Waals surface area contributed by atoms with Crippen molar-refractivity contribution in [3.63, 3.8) is 0 Å². The number of halogens is 6. The SMILES string of the molecule is CO[C@](C(=O)O[C@H]1CS(=O)(=O)c2ccc(Oc3cc(F)cc(Cl)c3)c(Br)c21)(c1ccccc1)C(F)(F)F. The van der Waals surface area contributed by atoms with Crippen LogP contribution < -0.4 is 4.74 Å². The summed E-state index contributed by atoms with van der Waals surface area (Å²) in [6, 6.07) is 11.9. The third-order valence-corrected chi connectivity index (χ3v) is 8.42. The zero-order valence-electron chi connectivity index (χ0n) is 18.7. The summed E-state index contributed by atoms with van der Waals surface area (Å²) >= 11 is 9.04. The number of hydrogen-bond acceptors (Lipinski definition) is 6. The molecule has 13 heteroatoms. The van der Waals surface area contributed by atoms with Gasteiger partial charge in [0, 0.05) is 29.3 Å². The van der Waals surface area contributed by atoms with Crippen LogP contribution in [0.1, 0.15) is 17.2 Å². The van der Waals surface area contributed by atoms with Gasteiger partial charge in [0.1, 0.15) is 23.4 Å². The summed E-state index contributed by atoms with van der Waals surface area (Å²) in [5.74, 6) is -3.40. The fourth-order valence-corrected chi connectivity index (χ4v) is 6.67. The average molecular weight is 624 g/mol. The number of carbonyl (C=O) groups is 1. The Hall–Kier alpha value is -2.67. The number of sulfone groups is 1. The second-order valence-corrected chi connectivity index (χ2v) is 11.2. The fraction of sp³-hybridized carbons (Fsp3) is 0.208. The monoisotopic (exact) mass is 622 g/mol. The van der Waals surface area contributed by atoms with Crippen molar-refractivity contribution in [2.24, 2.45) is 0 Å². The van der Waals surface area contributed by atoms with Gasteiger partial charge < -0.3 is 14.2 Å². The van der Waals surface area contributed by atoms with E-state index >= 15 is 0 Å². The quantitative estimate of drug-likeness (QED) is 0.230. The minimum Gasteiger partial charge on any atom is -0.456 e. The molecule has 0 aliphatic carbocycles. The van der Waals surface area contributed by atoms with Gasteiger partial charge in [-0.05, 0) is 40.2 Å². The molecule has 4 rings (SSSR count). The summed E-state index contributed by atoms with van der Waals surface area (Å²) in [5, 5.41) is 0.0330. The van der Waals surface area contributed by atoms with E-state index in [0.717, 1.165) is 30.3 Å². The maximum atomic E-state index is 14.3. The Labute approximate surface area is 222 Å². The summed E-state index contributed by atoms with van der Waals surface area (Å²) < 4.78 is 97.6. The van der Waals surface area contributed by atoms with Gasteiger partial charge >= 0.3 is 12.1 Å². The molecule has 3 aromatic carbocycles. The molecule has 3 aromatic rings. The second-order valence-electron chi connectivity index (χ2n) is 7.92. The van der Waals surface area contributed by atoms with Gasteiger partial charge in [-0.1, -0.05) is 41.9 Å². The standard InChI is InChI=1S/C24H16BrClF4O6S/c1-34-23(24(28,29)30,13-5-3-2-4-6-13)22(31)36-18-12-37(32,33)19-8-7-17(21(25)20(18)19)35-16-10-14(26)9-15(27)11-16/h2-11,18H,12H2,1H3/t18-,23-/m0/s1. The van der Waals surface area contributed by atoms with Gasteiger partial charge in [-0.3, -0.25) is 0 Å². The Morgan fingerprint density at radius 3 is 2.35 bits per heavy atom. The third-order valence-electron chi connectivity index (χ3n) is 5.62. The summed E-state index contributed by atoms with van der Waals surface area (Å²) in [5.41, 5.74) is -4.19. The molecule has 0 saturated carbocycles. The van der Waals surface area contributed by atoms with E-state index in [9.17, 15) is 30.8 Å². The maximum Gasteiger partial charge on any atom is 0.432 e. The van der Waals surface area contributed by atoms with Crippen molar-refractivity contribution in [1.29, 1.82) is 0 Å². The first kappa shape index (κ1) is 27.4. The van der Waals surface area contributed by atoms with Crippen LogP contribution in [0.4, 0.5) is 17.6 Å². The van der Waals surface area contributed by atoms with Crippen molar-refractivity contribution in [3.8, 4) is 11.5 Å². The molecule has 37 heavy (non-hydrogen) atoms. The number of ether oxygens (including phenoxy) is 3. The lowest BCUT2D eigenvalue weighted by molar-refractivity contribution is -0.278. The number of esters is 1. The van der Waals surface area contributed by atoms with E-state index in [0.29, 0.717) is 7.11 Å². The molecule has 0 aromatic heterocycles. The van der Waals surface area contributed by atoms with Crippen molar-refractivity contribution >= 4 is 43.3 Å². The number of alkyl halides is 3. The molecule has 0 amide bonds. The summed E-state index contributed by atoms with van der Waals surface area (Å²) in [7, 11) is -3.34. The Bertz CT molecular complexity index is 1450. The summed E-state index contributed by atoms with van der Waals surface area (Å²) in [4.78, 5) is 12.9. The van der Waals surface area contributed by atoms with Gasteiger partial charge in [0.2, 0.25) is 0 Å². The molecule has 1 aliphatic heterocycles. The Balaban J connectivity index is 1.76. The van der Waals surface area contributed by atoms with Crippen LogP contribution in [0.15, 0.2) is 70.0 Å². The van der Waals surface area contributed by atoms with E-state index in [2.05, 4.69) is 15.9 Å². The molecule has 0 unspecified atom stereocenters. The molecule has 0 radical (unpaired) electrons. The van der Waals surface area contributed by atoms with E-state index in [1.165, 1.54) is 30.3 Å². The number of hydrogen-bond donors (Lipinski definition) is 0. The minimum absolute atomic E-state index is 0.0148. The Morgan fingerprint density at radius 1 is 1.08 bits per heavy atom. The number of methoxy groups -OCH3 is 1. The van der Waals surface area contributed by atoms with E-state index in [1.54, 1.807) is 0 Å². The second kappa shape index (κ2) is 9.90. The van der Waals surface area contributed by atoms with E-state index in [4.69, 9.17) is 25.8 Å². The number of benzene rings is 3. The molecule has 0 fully saturated rings. The molecule has 1 aliphatic rings. The van der Waals surface area contributed by atoms with Gasteiger partial charge in [0.15, 0.2) is 9.84 Å². The maximum absolute atomic E-state index is 14.3. The lowest BCUT2D eigenvalue weighted by atomic mass is 9.92. The molecule has 0 saturated heterocycles. The van der Waals surface area contributed by atoms with Crippen molar-refractivity contribution in [2.75, 3.05) is 12.9 Å². The highest BCUT2D eigenvalue weighted by Gasteiger charge is 2.64. The predicted octanol–water partition coefficient (Wildman–Crippen LogP) is 6.51. The molecular weight excluding hydrogens is 608 g/mol. The van der Waals surface area contributed by atoms with Gasteiger partial charge in [-0.25, -0.2) is 17.6 Å². The number of rotatable bonds is 6. The van der Waals surface area contributed by atoms with Crippen LogP contribution in [0, 0.1) is 5.82 Å². The van der Waals surface area contributed by atoms with Crippen molar-refractivity contribution < 1.29 is 45.0 Å². The number of fused-ring (bicyclic) bond motifs is 1. The third kappa shape index (κ3) is 4.95. The summed E-state index contributed by atoms with van der Waals surface area (Å²) in [6.07, 6.45) is -6.89. The van der Waals surface area contributed by atoms with Crippen LogP contribution in [0.3, 0.4) is 0 Å². The molecule has 0 spiro atoms. The van der Waals surface area contributed by atoms with E-state index < -0.39 is 50.8 Å². The minimum atomic E-state index is -5.25. The lowest BCUT2D eigenvalue weighted by Gasteiger charge is -2.33. The molecule has 0 N–H and O–H groups in total. The van der Waals surface area contributed by atoms with Crippen molar-refractivity contribution in [2.45, 2.75) is 22.8 Å². The topological polar surface area (TPSA) is 78.9 Å². The van der Waals surface area contributed by atoms with Crippen LogP contribution >= 0.6 is 27.5 Å². The molecule has 196 valence electrons. The molecule has 1 heterocycles. The normalized spacial score (nSPS) is 18.1. The largest absolute Gasteiger partial charge is 0.456 e. The zero-order valence-corrected chi connectivity index (χ0v) is 21.8. The molecule has 2 atom stereocenters. The van der Waals surface area contributed by atoms with Gasteiger partial charge in [0.05, 0.1) is 15.1 Å². The van der Waals surface area contributed by atoms with Crippen LogP contribution in [0.2, 0.25) is 5.02 Å². The molecule has 0 bridgehead atoms. The Kier molecular flexibility index (Phi) is 7.32. The smallest absolute Gasteiger partial charge is 0.432 e. The van der Waals surface area contributed by atoms with E-state index in [-0.39, 0.29) is 31.5 Å². The first-order chi connectivity index (χ1) is 17.3. The molecular formula is C24H16BrClF4O6S. The lowest BCUT2D eigenvalue weighted by Crippen LogP contribution is -2.52. The Morgan fingerprint density at radius 2 is 1.76 bits per heavy atom. The van der Waals surface area contributed by atoms with Gasteiger partial charge in [-0.2, -0.15) is 13.2 Å². The van der Waals surface area contributed by atoms with Crippen molar-refractivity contribution in [3.05, 3.63) is 87.1 Å². The van der Waals surface area contributed by atoms with Crippen molar-refractivity contribution in [1.82, 2.24) is 0 Å². The highest BCUT2D eigenvalue weighted by Crippen LogP contribution is 2.48. The van der Waals surface area contributed by atoms with Gasteiger partial charge in [0.25, 0.3) is 5.60 Å². The fourth-order valence-electron chi connectivity index (χ4n) is 3.98. The zero-order chi connectivity index (χ0) is 27.2. The predicted molar refractivity (Wildman–Crippen MR) is 128 cm³/mol. The van der Waals surface area contributed by atoms with Gasteiger partial charge in [-0.15, -0.1) is 0 Å². The van der Waals surface area contributed by atoms with Crippen LogP contribution in [-0.2, 0) is 29.7 Å². The highest BCUT2D eigenvalue weighted by molar-refractivity contribution is 9.10. The van der Waals surface area contributed by atoms with Crippen LogP contribution in [-0.4, -0.2) is 33.4 Å². The highest BCUT2D eigenvalue weighted by atomic mass is 79.9. The van der Waals surface area contributed by atoms with E-state index in [1.807, 2.05) is 0 Å². The van der Waals surface area contributed by atoms with Crippen LogP contribution in [0.25, 0.3) is 0 Å². The van der Waals surface area contributed by atoms with Crippen LogP contribution in [0.5, 0.6) is 11.5 Å².